The lowest BCUT2D eigenvalue weighted by Crippen LogP contribution is -2.32. The van der Waals surface area contributed by atoms with Crippen LogP contribution in [0.1, 0.15) is 42.7 Å². The van der Waals surface area contributed by atoms with Gasteiger partial charge in [-0.3, -0.25) is 0 Å². The zero-order chi connectivity index (χ0) is 16.5. The number of ether oxygens (including phenoxy) is 1. The summed E-state index contributed by atoms with van der Waals surface area (Å²) < 4.78 is 32.6. The third kappa shape index (κ3) is 3.89. The van der Waals surface area contributed by atoms with E-state index in [1.165, 1.54) is 0 Å². The first-order valence-electron chi connectivity index (χ1n) is 5.85. The van der Waals surface area contributed by atoms with Crippen LogP contribution in [0, 0.1) is 11.6 Å². The van der Waals surface area contributed by atoms with Crippen molar-refractivity contribution < 1.29 is 28.2 Å². The van der Waals surface area contributed by atoms with E-state index in [-0.39, 0.29) is 0 Å². The van der Waals surface area contributed by atoms with Crippen molar-refractivity contribution in [1.29, 1.82) is 0 Å². The number of nitrogens with two attached hydrogens (primary N) is 1. The third-order valence-electron chi connectivity index (χ3n) is 2.40. The Morgan fingerprint density at radius 3 is 2.33 bits per heavy atom. The topological polar surface area (TPSA) is 89.6 Å². The second kappa shape index (κ2) is 5.95. The van der Waals surface area contributed by atoms with Gasteiger partial charge in [-0.15, -0.1) is 0 Å². The van der Waals surface area contributed by atoms with Crippen molar-refractivity contribution >= 4 is 23.5 Å². The number of carbonyl (C=O) groups is 2. The molecule has 116 valence electrons. The Kier molecular flexibility index (Phi) is 4.91. The number of carboxylic acids is 1. The molecule has 3 N–H and O–H groups in total. The van der Waals surface area contributed by atoms with Crippen LogP contribution < -0.4 is 5.73 Å². The van der Waals surface area contributed by atoms with E-state index < -0.39 is 51.4 Å². The van der Waals surface area contributed by atoms with Gasteiger partial charge in [0.15, 0.2) is 5.82 Å². The van der Waals surface area contributed by atoms with Crippen LogP contribution >= 0.6 is 11.6 Å². The van der Waals surface area contributed by atoms with Crippen LogP contribution in [0.15, 0.2) is 6.07 Å². The van der Waals surface area contributed by atoms with Gasteiger partial charge in [0, 0.05) is 5.56 Å². The van der Waals surface area contributed by atoms with Gasteiger partial charge in [0.25, 0.3) is 0 Å². The van der Waals surface area contributed by atoms with E-state index in [9.17, 15) is 18.4 Å². The molecule has 0 aliphatic rings. The average molecular weight is 322 g/mol. The van der Waals surface area contributed by atoms with Gasteiger partial charge in [-0.05, 0) is 26.8 Å². The average Bonchev–Trinajstić information content (AvgIpc) is 2.31. The number of carbonyl (C=O) groups excluding carboxylic acids is 1. The largest absolute Gasteiger partial charge is 0.478 e. The Morgan fingerprint density at radius 1 is 1.38 bits per heavy atom. The Bertz CT molecular complexity index is 599. The van der Waals surface area contributed by atoms with Crippen LogP contribution in [0.25, 0.3) is 0 Å². The number of hydrogen-bond acceptors (Lipinski definition) is 4. The minimum Gasteiger partial charge on any atom is -0.478 e. The molecule has 21 heavy (non-hydrogen) atoms. The van der Waals surface area contributed by atoms with E-state index in [2.05, 4.69) is 0 Å². The van der Waals surface area contributed by atoms with E-state index >= 15 is 0 Å². The summed E-state index contributed by atoms with van der Waals surface area (Å²) in [4.78, 5) is 22.5. The summed E-state index contributed by atoms with van der Waals surface area (Å²) in [5.41, 5.74) is 3.06. The van der Waals surface area contributed by atoms with Crippen LogP contribution in [0.3, 0.4) is 0 Å². The van der Waals surface area contributed by atoms with Crippen LogP contribution in [0.2, 0.25) is 5.02 Å². The molecule has 1 unspecified atom stereocenters. The fourth-order valence-corrected chi connectivity index (χ4v) is 1.84. The summed E-state index contributed by atoms with van der Waals surface area (Å²) >= 11 is 5.59. The molecule has 0 spiro atoms. The van der Waals surface area contributed by atoms with Crippen molar-refractivity contribution in [2.75, 3.05) is 0 Å². The highest BCUT2D eigenvalue weighted by Gasteiger charge is 2.31. The molecule has 5 nitrogen and oxygen atoms in total. The van der Waals surface area contributed by atoms with Crippen molar-refractivity contribution in [3.05, 3.63) is 33.9 Å². The Labute approximate surface area is 124 Å². The molecule has 1 rings (SSSR count). The first kappa shape index (κ1) is 17.3. The Balaban J connectivity index is 3.29. The summed E-state index contributed by atoms with van der Waals surface area (Å²) in [5.74, 6) is -5.26. The lowest BCUT2D eigenvalue weighted by molar-refractivity contribution is -0.156. The summed E-state index contributed by atoms with van der Waals surface area (Å²) in [6.45, 7) is 4.72. The van der Waals surface area contributed by atoms with Gasteiger partial charge >= 0.3 is 11.9 Å². The van der Waals surface area contributed by atoms with Crippen molar-refractivity contribution in [3.63, 3.8) is 0 Å². The predicted octanol–water partition coefficient (Wildman–Crippen LogP) is 2.66. The maximum atomic E-state index is 13.9. The monoisotopic (exact) mass is 321 g/mol. The molecule has 0 aliphatic carbocycles. The number of esters is 1. The molecule has 0 aromatic heterocycles. The predicted molar refractivity (Wildman–Crippen MR) is 71.1 cm³/mol. The van der Waals surface area contributed by atoms with E-state index in [4.69, 9.17) is 27.2 Å². The SMILES string of the molecule is CC(C)(C)OC(=O)C(N)c1c(F)cc(C(=O)O)c(F)c1Cl. The highest BCUT2D eigenvalue weighted by molar-refractivity contribution is 6.32. The van der Waals surface area contributed by atoms with E-state index in [0.29, 0.717) is 6.07 Å². The van der Waals surface area contributed by atoms with Crippen LogP contribution in [-0.4, -0.2) is 22.6 Å². The van der Waals surface area contributed by atoms with Crippen molar-refractivity contribution in [2.45, 2.75) is 32.4 Å². The highest BCUT2D eigenvalue weighted by atomic mass is 35.5. The second-order valence-electron chi connectivity index (χ2n) is 5.26. The van der Waals surface area contributed by atoms with Gasteiger partial charge in [-0.25, -0.2) is 18.4 Å². The zero-order valence-corrected chi connectivity index (χ0v) is 12.3. The van der Waals surface area contributed by atoms with Crippen molar-refractivity contribution in [3.8, 4) is 0 Å². The normalized spacial score (nSPS) is 12.9. The van der Waals surface area contributed by atoms with Gasteiger partial charge in [-0.1, -0.05) is 11.6 Å². The Morgan fingerprint density at radius 2 is 1.90 bits per heavy atom. The summed E-state index contributed by atoms with van der Waals surface area (Å²) in [6, 6.07) is -1.25. The van der Waals surface area contributed by atoms with Crippen LogP contribution in [0.4, 0.5) is 8.78 Å². The quantitative estimate of drug-likeness (QED) is 0.660. The third-order valence-corrected chi connectivity index (χ3v) is 2.77. The van der Waals surface area contributed by atoms with E-state index in [0.717, 1.165) is 0 Å². The minimum absolute atomic E-state index is 0.420. The van der Waals surface area contributed by atoms with Gasteiger partial charge in [0.05, 0.1) is 10.6 Å². The summed E-state index contributed by atoms with van der Waals surface area (Å²) in [5, 5.41) is 7.86. The molecule has 0 heterocycles. The number of halogens is 3. The van der Waals surface area contributed by atoms with E-state index in [1.54, 1.807) is 20.8 Å². The molecule has 0 aliphatic heterocycles. The molecule has 0 amide bonds. The number of benzene rings is 1. The molecule has 0 saturated carbocycles. The molecule has 0 bridgehead atoms. The smallest absolute Gasteiger partial charge is 0.338 e. The first-order chi connectivity index (χ1) is 9.45. The maximum Gasteiger partial charge on any atom is 0.338 e. The molecule has 1 aromatic carbocycles. The standard InChI is InChI=1S/C13H14ClF2NO4/c1-13(2,3)21-12(20)10(17)7-6(15)4-5(11(18)19)9(16)8(7)14/h4,10H,17H2,1-3H3,(H,18,19). The first-order valence-corrected chi connectivity index (χ1v) is 6.22. The highest BCUT2D eigenvalue weighted by Crippen LogP contribution is 2.31. The Hall–Kier alpha value is -1.73. The van der Waals surface area contributed by atoms with Gasteiger partial charge in [0.1, 0.15) is 17.5 Å². The van der Waals surface area contributed by atoms with Crippen LogP contribution in [-0.2, 0) is 9.53 Å². The van der Waals surface area contributed by atoms with Gasteiger partial charge in [-0.2, -0.15) is 0 Å². The molecule has 0 fully saturated rings. The molecule has 0 radical (unpaired) electrons. The summed E-state index contributed by atoms with van der Waals surface area (Å²) in [7, 11) is 0. The number of aromatic carboxylic acids is 1. The fourth-order valence-electron chi connectivity index (χ4n) is 1.53. The molecule has 1 aromatic rings. The zero-order valence-electron chi connectivity index (χ0n) is 11.5. The molecule has 0 saturated heterocycles. The minimum atomic E-state index is -1.69. The number of rotatable bonds is 3. The maximum absolute atomic E-state index is 13.9. The molecule has 1 atom stereocenters. The fraction of sp³-hybridized carbons (Fsp3) is 0.385. The second-order valence-corrected chi connectivity index (χ2v) is 5.64. The summed E-state index contributed by atoms with van der Waals surface area (Å²) in [6.07, 6.45) is 0. The van der Waals surface area contributed by atoms with Gasteiger partial charge in [0.2, 0.25) is 0 Å². The van der Waals surface area contributed by atoms with Crippen molar-refractivity contribution in [1.82, 2.24) is 0 Å². The van der Waals surface area contributed by atoms with Crippen LogP contribution in [0.5, 0.6) is 0 Å². The molecule has 8 heteroatoms. The van der Waals surface area contributed by atoms with Crippen molar-refractivity contribution in [2.24, 2.45) is 5.73 Å². The van der Waals surface area contributed by atoms with E-state index in [1.807, 2.05) is 0 Å². The molecular weight excluding hydrogens is 308 g/mol. The number of carboxylic acid groups (broad SMARTS) is 1. The lowest BCUT2D eigenvalue weighted by Gasteiger charge is -2.23. The lowest BCUT2D eigenvalue weighted by atomic mass is 10.0. The molecular formula is C13H14ClF2NO4. The van der Waals surface area contributed by atoms with Gasteiger partial charge < -0.3 is 15.6 Å². The number of hydrogen-bond donors (Lipinski definition) is 2.